The molecule has 1 saturated carbocycles. The molecule has 4 nitrogen and oxygen atoms in total. The summed E-state index contributed by atoms with van der Waals surface area (Å²) in [6, 6.07) is 1.99. The van der Waals surface area contributed by atoms with Gasteiger partial charge < -0.3 is 15.6 Å². The van der Waals surface area contributed by atoms with Crippen LogP contribution >= 0.6 is 0 Å². The number of hydrogen-bond acceptors (Lipinski definition) is 2. The van der Waals surface area contributed by atoms with Crippen LogP contribution in [0.3, 0.4) is 0 Å². The van der Waals surface area contributed by atoms with Gasteiger partial charge in [0.1, 0.15) is 0 Å². The third kappa shape index (κ3) is 1.85. The maximum atomic E-state index is 12.2. The van der Waals surface area contributed by atoms with E-state index in [0.717, 1.165) is 24.8 Å². The lowest BCUT2D eigenvalue weighted by molar-refractivity contribution is -0.145. The lowest BCUT2D eigenvalue weighted by atomic mass is 9.68. The molecule has 1 heterocycles. The number of aromatic nitrogens is 1. The van der Waals surface area contributed by atoms with Crippen molar-refractivity contribution < 1.29 is 4.79 Å². The SMILES string of the molecule is CN(Cc1cc[nH]c1)C(=O)C1(CN)CCC1. The van der Waals surface area contributed by atoms with Crippen molar-refractivity contribution in [3.8, 4) is 0 Å². The Morgan fingerprint density at radius 2 is 2.38 bits per heavy atom. The van der Waals surface area contributed by atoms with E-state index in [9.17, 15) is 4.79 Å². The molecular formula is C12H19N3O. The largest absolute Gasteiger partial charge is 0.367 e. The molecule has 0 saturated heterocycles. The van der Waals surface area contributed by atoms with E-state index in [4.69, 9.17) is 5.73 Å². The predicted molar refractivity (Wildman–Crippen MR) is 62.6 cm³/mol. The summed E-state index contributed by atoms with van der Waals surface area (Å²) in [5.74, 6) is 0.197. The van der Waals surface area contributed by atoms with E-state index < -0.39 is 0 Å². The molecular weight excluding hydrogens is 202 g/mol. The number of rotatable bonds is 4. The van der Waals surface area contributed by atoms with E-state index >= 15 is 0 Å². The number of nitrogens with two attached hydrogens (primary N) is 1. The van der Waals surface area contributed by atoms with Crippen molar-refractivity contribution in [1.82, 2.24) is 9.88 Å². The average molecular weight is 221 g/mol. The van der Waals surface area contributed by atoms with Crippen molar-refractivity contribution >= 4 is 5.91 Å². The Bertz CT molecular complexity index is 349. The van der Waals surface area contributed by atoms with Crippen LogP contribution in [0.25, 0.3) is 0 Å². The van der Waals surface area contributed by atoms with Gasteiger partial charge in [0.15, 0.2) is 0 Å². The van der Waals surface area contributed by atoms with E-state index in [2.05, 4.69) is 4.98 Å². The molecule has 1 amide bonds. The highest BCUT2D eigenvalue weighted by atomic mass is 16.2. The van der Waals surface area contributed by atoms with Gasteiger partial charge in [-0.25, -0.2) is 0 Å². The normalized spacial score (nSPS) is 17.9. The van der Waals surface area contributed by atoms with E-state index in [1.54, 1.807) is 4.90 Å². The Hall–Kier alpha value is -1.29. The first-order valence-corrected chi connectivity index (χ1v) is 5.75. The van der Waals surface area contributed by atoms with Gasteiger partial charge in [-0.1, -0.05) is 6.42 Å². The first-order chi connectivity index (χ1) is 7.68. The molecule has 0 aliphatic heterocycles. The molecule has 1 aliphatic carbocycles. The first kappa shape index (κ1) is 11.2. The summed E-state index contributed by atoms with van der Waals surface area (Å²) in [6.07, 6.45) is 6.80. The van der Waals surface area contributed by atoms with Gasteiger partial charge in [-0.05, 0) is 24.5 Å². The maximum Gasteiger partial charge on any atom is 0.230 e. The zero-order valence-corrected chi connectivity index (χ0v) is 9.70. The highest BCUT2D eigenvalue weighted by molar-refractivity contribution is 5.83. The molecule has 0 spiro atoms. The summed E-state index contributed by atoms with van der Waals surface area (Å²) < 4.78 is 0. The monoisotopic (exact) mass is 221 g/mol. The van der Waals surface area contributed by atoms with Crippen LogP contribution in [0.5, 0.6) is 0 Å². The molecule has 0 aromatic carbocycles. The second-order valence-corrected chi connectivity index (χ2v) is 4.72. The second-order valence-electron chi connectivity index (χ2n) is 4.72. The highest BCUT2D eigenvalue weighted by Gasteiger charge is 2.44. The molecule has 3 N–H and O–H groups in total. The maximum absolute atomic E-state index is 12.2. The molecule has 0 unspecified atom stereocenters. The zero-order valence-electron chi connectivity index (χ0n) is 9.70. The van der Waals surface area contributed by atoms with Crippen molar-refractivity contribution in [2.45, 2.75) is 25.8 Å². The van der Waals surface area contributed by atoms with Crippen molar-refractivity contribution in [3.05, 3.63) is 24.0 Å². The van der Waals surface area contributed by atoms with Crippen molar-refractivity contribution in [1.29, 1.82) is 0 Å². The van der Waals surface area contributed by atoms with Crippen LogP contribution in [0.1, 0.15) is 24.8 Å². The van der Waals surface area contributed by atoms with E-state index in [1.165, 1.54) is 0 Å². The van der Waals surface area contributed by atoms with Crippen molar-refractivity contribution in [3.63, 3.8) is 0 Å². The molecule has 1 aromatic rings. The van der Waals surface area contributed by atoms with Gasteiger partial charge in [-0.15, -0.1) is 0 Å². The summed E-state index contributed by atoms with van der Waals surface area (Å²) in [5.41, 5.74) is 6.60. The van der Waals surface area contributed by atoms with Gasteiger partial charge in [-0.3, -0.25) is 4.79 Å². The fraction of sp³-hybridized carbons (Fsp3) is 0.583. The molecule has 4 heteroatoms. The minimum atomic E-state index is -0.259. The Morgan fingerprint density at radius 3 is 2.81 bits per heavy atom. The number of carbonyl (C=O) groups excluding carboxylic acids is 1. The van der Waals surface area contributed by atoms with Gasteiger partial charge in [0, 0.05) is 32.5 Å². The first-order valence-electron chi connectivity index (χ1n) is 5.75. The molecule has 0 bridgehead atoms. The summed E-state index contributed by atoms with van der Waals surface area (Å²) in [7, 11) is 1.85. The summed E-state index contributed by atoms with van der Waals surface area (Å²) in [6.45, 7) is 1.13. The van der Waals surface area contributed by atoms with Crippen LogP contribution in [0.4, 0.5) is 0 Å². The lowest BCUT2D eigenvalue weighted by Crippen LogP contribution is -2.50. The molecule has 16 heavy (non-hydrogen) atoms. The highest BCUT2D eigenvalue weighted by Crippen LogP contribution is 2.41. The smallest absolute Gasteiger partial charge is 0.230 e. The van der Waals surface area contributed by atoms with Crippen LogP contribution in [0.2, 0.25) is 0 Å². The van der Waals surface area contributed by atoms with Crippen LogP contribution in [-0.2, 0) is 11.3 Å². The van der Waals surface area contributed by atoms with E-state index in [-0.39, 0.29) is 11.3 Å². The van der Waals surface area contributed by atoms with Crippen molar-refractivity contribution in [2.24, 2.45) is 11.1 Å². The number of nitrogens with zero attached hydrogens (tertiary/aromatic N) is 1. The van der Waals surface area contributed by atoms with E-state index in [1.807, 2.05) is 25.5 Å². The molecule has 0 atom stereocenters. The lowest BCUT2D eigenvalue weighted by Gasteiger charge is -2.41. The fourth-order valence-electron chi connectivity index (χ4n) is 2.32. The minimum Gasteiger partial charge on any atom is -0.367 e. The molecule has 1 fully saturated rings. The number of hydrogen-bond donors (Lipinski definition) is 2. The van der Waals surface area contributed by atoms with Gasteiger partial charge in [-0.2, -0.15) is 0 Å². The van der Waals surface area contributed by atoms with Gasteiger partial charge in [0.2, 0.25) is 5.91 Å². The standard InChI is InChI=1S/C12H19N3O/c1-15(8-10-3-6-14-7-10)11(16)12(9-13)4-2-5-12/h3,6-7,14H,2,4-5,8-9,13H2,1H3. The number of H-pyrrole nitrogens is 1. The number of carbonyl (C=O) groups is 1. The molecule has 1 aromatic heterocycles. The Kier molecular flexibility index (Phi) is 3.01. The Labute approximate surface area is 95.8 Å². The Morgan fingerprint density at radius 1 is 1.62 bits per heavy atom. The predicted octanol–water partition coefficient (Wildman–Crippen LogP) is 1.10. The quantitative estimate of drug-likeness (QED) is 0.799. The van der Waals surface area contributed by atoms with Crippen LogP contribution in [0.15, 0.2) is 18.5 Å². The topological polar surface area (TPSA) is 62.1 Å². The fourth-order valence-corrected chi connectivity index (χ4v) is 2.32. The molecule has 1 aliphatic rings. The third-order valence-corrected chi connectivity index (χ3v) is 3.58. The average Bonchev–Trinajstić information content (AvgIpc) is 2.69. The van der Waals surface area contributed by atoms with Crippen LogP contribution < -0.4 is 5.73 Å². The van der Waals surface area contributed by atoms with Crippen LogP contribution in [-0.4, -0.2) is 29.4 Å². The van der Waals surface area contributed by atoms with Gasteiger partial charge in [0.25, 0.3) is 0 Å². The number of aromatic amines is 1. The van der Waals surface area contributed by atoms with Gasteiger partial charge in [0.05, 0.1) is 5.41 Å². The molecule has 0 radical (unpaired) electrons. The molecule has 2 rings (SSSR count). The number of amides is 1. The summed E-state index contributed by atoms with van der Waals surface area (Å²) in [4.78, 5) is 17.0. The third-order valence-electron chi connectivity index (χ3n) is 3.58. The zero-order chi connectivity index (χ0) is 11.6. The van der Waals surface area contributed by atoms with E-state index in [0.29, 0.717) is 13.1 Å². The summed E-state index contributed by atoms with van der Waals surface area (Å²) >= 11 is 0. The minimum absolute atomic E-state index is 0.197. The Balaban J connectivity index is 1.99. The number of nitrogens with one attached hydrogen (secondary N) is 1. The van der Waals surface area contributed by atoms with Crippen LogP contribution in [0, 0.1) is 5.41 Å². The molecule has 88 valence electrons. The van der Waals surface area contributed by atoms with Gasteiger partial charge >= 0.3 is 0 Å². The van der Waals surface area contributed by atoms with Crippen molar-refractivity contribution in [2.75, 3.05) is 13.6 Å². The summed E-state index contributed by atoms with van der Waals surface area (Å²) in [5, 5.41) is 0. The second kappa shape index (κ2) is 4.29.